The number of halogens is 1. The summed E-state index contributed by atoms with van der Waals surface area (Å²) in [4.78, 5) is 68.1. The second-order valence-electron chi connectivity index (χ2n) is 19.0. The third-order valence-corrected chi connectivity index (χ3v) is 14.6. The minimum absolute atomic E-state index is 0.0100. The van der Waals surface area contributed by atoms with E-state index in [1.807, 2.05) is 37.7 Å². The summed E-state index contributed by atoms with van der Waals surface area (Å²) < 4.78 is 18.9. The Balaban J connectivity index is 0.735. The van der Waals surface area contributed by atoms with Crippen molar-refractivity contribution in [1.82, 2.24) is 44.5 Å². The predicted molar refractivity (Wildman–Crippen MR) is 250 cm³/mol. The molecular weight excluding hydrogens is 870 g/mol. The first-order chi connectivity index (χ1) is 33.0. The lowest BCUT2D eigenvalue weighted by Gasteiger charge is -2.40. The number of carbonyl (C=O) groups excluding carboxylic acids is 4. The van der Waals surface area contributed by atoms with Crippen LogP contribution in [0.3, 0.4) is 0 Å². The zero-order valence-corrected chi connectivity index (χ0v) is 38.0. The quantitative estimate of drug-likeness (QED) is 0.163. The van der Waals surface area contributed by atoms with Crippen LogP contribution in [0.4, 0.5) is 21.6 Å². The number of piperidine rings is 3. The average Bonchev–Trinajstić information content (AvgIpc) is 4.04. The summed E-state index contributed by atoms with van der Waals surface area (Å²) in [6.07, 6.45) is 16.9. The molecule has 5 fully saturated rings. The van der Waals surface area contributed by atoms with E-state index in [0.29, 0.717) is 124 Å². The maximum atomic E-state index is 15.3. The van der Waals surface area contributed by atoms with Crippen LogP contribution in [-0.4, -0.2) is 132 Å². The molecular formula is C49H56FN13O5. The smallest absolute Gasteiger partial charge is 0.249 e. The molecule has 4 saturated heterocycles. The van der Waals surface area contributed by atoms with Gasteiger partial charge in [-0.3, -0.25) is 29.2 Å². The van der Waals surface area contributed by atoms with E-state index in [9.17, 15) is 29.5 Å². The first-order valence-corrected chi connectivity index (χ1v) is 24.0. The highest BCUT2D eigenvalue weighted by Gasteiger charge is 2.38. The lowest BCUT2D eigenvalue weighted by Crippen LogP contribution is -2.50. The summed E-state index contributed by atoms with van der Waals surface area (Å²) in [6.45, 7) is 4.57. The molecule has 1 atom stereocenters. The lowest BCUT2D eigenvalue weighted by molar-refractivity contribution is -0.139. The summed E-state index contributed by atoms with van der Waals surface area (Å²) in [6, 6.07) is 10.3. The van der Waals surface area contributed by atoms with E-state index in [1.54, 1.807) is 35.2 Å². The van der Waals surface area contributed by atoms with Crippen LogP contribution in [0.25, 0.3) is 28.0 Å². The number of anilines is 3. The number of carbonyl (C=O) groups is 4. The average molecular weight is 926 g/mol. The number of aliphatic hydroxyl groups is 1. The molecule has 354 valence electrons. The van der Waals surface area contributed by atoms with Gasteiger partial charge in [-0.2, -0.15) is 15.5 Å². The highest BCUT2D eigenvalue weighted by molar-refractivity contribution is 6.01. The number of imide groups is 1. The van der Waals surface area contributed by atoms with E-state index >= 15 is 4.39 Å². The van der Waals surface area contributed by atoms with Crippen LogP contribution in [0.2, 0.25) is 0 Å². The number of piperazine rings is 1. The fraction of sp³-hybridized carbons (Fsp3) is 0.490. The van der Waals surface area contributed by atoms with Gasteiger partial charge in [0.05, 0.1) is 53.7 Å². The number of rotatable bonds is 10. The van der Waals surface area contributed by atoms with Gasteiger partial charge in [0.25, 0.3) is 0 Å². The maximum absolute atomic E-state index is 15.3. The maximum Gasteiger partial charge on any atom is 0.249 e. The highest BCUT2D eigenvalue weighted by Crippen LogP contribution is 2.35. The van der Waals surface area contributed by atoms with Crippen LogP contribution in [0.1, 0.15) is 88.7 Å². The summed E-state index contributed by atoms with van der Waals surface area (Å²) >= 11 is 0. The van der Waals surface area contributed by atoms with Gasteiger partial charge in [0.2, 0.25) is 23.6 Å². The van der Waals surface area contributed by atoms with Gasteiger partial charge < -0.3 is 30.0 Å². The van der Waals surface area contributed by atoms with E-state index in [0.717, 1.165) is 42.6 Å². The van der Waals surface area contributed by atoms with Crippen molar-refractivity contribution in [3.63, 3.8) is 0 Å². The highest BCUT2D eigenvalue weighted by atomic mass is 19.1. The predicted octanol–water partition coefficient (Wildman–Crippen LogP) is 4.70. The Labute approximate surface area is 393 Å². The number of hydrogen-bond donors (Lipinski definition) is 3. The number of amides is 4. The van der Waals surface area contributed by atoms with Crippen molar-refractivity contribution in [2.45, 2.75) is 94.7 Å². The van der Waals surface area contributed by atoms with Crippen molar-refractivity contribution in [1.29, 1.82) is 5.26 Å². The monoisotopic (exact) mass is 925 g/mol. The molecule has 19 heteroatoms. The Morgan fingerprint density at radius 1 is 0.853 bits per heavy atom. The molecule has 4 aromatic heterocycles. The molecule has 3 N–H and O–H groups in total. The van der Waals surface area contributed by atoms with Crippen LogP contribution in [0.15, 0.2) is 61.3 Å². The van der Waals surface area contributed by atoms with Gasteiger partial charge in [0.1, 0.15) is 34.8 Å². The van der Waals surface area contributed by atoms with Crippen LogP contribution < -0.4 is 20.4 Å². The first-order valence-electron chi connectivity index (χ1n) is 24.0. The normalized spacial score (nSPS) is 20.6. The van der Waals surface area contributed by atoms with Crippen LogP contribution in [0, 0.1) is 23.1 Å². The Morgan fingerprint density at radius 2 is 1.63 bits per heavy atom. The summed E-state index contributed by atoms with van der Waals surface area (Å²) in [7, 11) is 0. The number of hydrogen-bond acceptors (Lipinski definition) is 13. The van der Waals surface area contributed by atoms with Gasteiger partial charge in [0.15, 0.2) is 0 Å². The Bertz CT molecular complexity index is 2740. The Kier molecular flexibility index (Phi) is 12.5. The molecule has 4 aliphatic heterocycles. The number of benzene rings is 1. The van der Waals surface area contributed by atoms with Gasteiger partial charge in [-0.1, -0.05) is 19.3 Å². The Morgan fingerprint density at radius 3 is 2.34 bits per heavy atom. The van der Waals surface area contributed by atoms with Crippen molar-refractivity contribution in [3.8, 4) is 28.6 Å². The third-order valence-electron chi connectivity index (χ3n) is 14.6. The summed E-state index contributed by atoms with van der Waals surface area (Å²) in [5.74, 6) is -0.0278. The van der Waals surface area contributed by atoms with Gasteiger partial charge >= 0.3 is 0 Å². The zero-order valence-electron chi connectivity index (χ0n) is 38.0. The summed E-state index contributed by atoms with van der Waals surface area (Å²) in [5.41, 5.74) is 3.33. The van der Waals surface area contributed by atoms with Gasteiger partial charge in [-0.25, -0.2) is 18.9 Å². The number of fused-ring (bicyclic) bond motifs is 1. The van der Waals surface area contributed by atoms with E-state index in [-0.39, 0.29) is 36.6 Å². The minimum Gasteiger partial charge on any atom is -0.389 e. The largest absolute Gasteiger partial charge is 0.389 e. The van der Waals surface area contributed by atoms with Crippen molar-refractivity contribution >= 4 is 46.3 Å². The summed E-state index contributed by atoms with van der Waals surface area (Å²) in [5, 5.41) is 36.0. The SMILES string of the molecule is N#Cc1cnn2cc(-c3cnn(C4CCN(C(=O)CC5(O)CCN(c6ccc(NC7CCC(=O)NC7=O)cc6F)CC5)CC4)c3)nc(-c3ccc(N4CCN(C(=O)C5CCCCC5)CC4)nc3)c12. The molecule has 68 heavy (non-hydrogen) atoms. The number of nitriles is 1. The molecule has 1 aliphatic carbocycles. The van der Waals surface area contributed by atoms with Gasteiger partial charge in [0, 0.05) is 93.9 Å². The molecule has 4 amide bonds. The molecule has 5 aliphatic rings. The molecule has 0 radical (unpaired) electrons. The number of pyridine rings is 1. The van der Waals surface area contributed by atoms with Crippen LogP contribution >= 0.6 is 0 Å². The topological polar surface area (TPSA) is 210 Å². The van der Waals surface area contributed by atoms with E-state index in [4.69, 9.17) is 15.1 Å². The molecule has 10 rings (SSSR count). The molecule has 18 nitrogen and oxygen atoms in total. The van der Waals surface area contributed by atoms with E-state index in [2.05, 4.69) is 26.7 Å². The van der Waals surface area contributed by atoms with Crippen molar-refractivity contribution in [2.75, 3.05) is 67.5 Å². The van der Waals surface area contributed by atoms with Crippen LogP contribution in [-0.2, 0) is 19.2 Å². The molecule has 8 heterocycles. The molecule has 5 aromatic rings. The second kappa shape index (κ2) is 19.0. The van der Waals surface area contributed by atoms with Crippen LogP contribution in [0.5, 0.6) is 0 Å². The van der Waals surface area contributed by atoms with Gasteiger partial charge in [-0.05, 0) is 75.3 Å². The fourth-order valence-corrected chi connectivity index (χ4v) is 10.6. The fourth-order valence-electron chi connectivity index (χ4n) is 10.6. The first kappa shape index (κ1) is 44.9. The van der Waals surface area contributed by atoms with Crippen molar-refractivity contribution in [3.05, 3.63) is 72.7 Å². The molecule has 0 spiro atoms. The number of aromatic nitrogens is 6. The third kappa shape index (κ3) is 9.33. The standard InChI is InChI=1S/C49H56FN13O5/c50-38-24-36(55-39-8-11-43(64)57-47(39)66)7-9-41(38)58-18-14-49(68,15-19-58)25-44(65)60-16-12-37(13-17-60)62-30-35(29-53-62)40-31-63-46(34(26-51)28-54-63)45(56-40)33-6-10-42(52-27-33)59-20-22-61(23-21-59)48(67)32-4-2-1-3-5-32/h6-7,9-10,24,27-32,37,39,55,68H,1-5,8,11-23,25H2,(H,57,64,66). The zero-order chi connectivity index (χ0) is 46.9. The number of nitrogens with one attached hydrogen (secondary N) is 2. The van der Waals surface area contributed by atoms with E-state index in [1.165, 1.54) is 18.7 Å². The number of nitrogens with zero attached hydrogens (tertiary/aromatic N) is 11. The second-order valence-corrected chi connectivity index (χ2v) is 19.0. The lowest BCUT2D eigenvalue weighted by atomic mass is 9.87. The Hall–Kier alpha value is -6.94. The number of likely N-dealkylation sites (tertiary alicyclic amines) is 1. The van der Waals surface area contributed by atoms with E-state index < -0.39 is 23.4 Å². The minimum atomic E-state index is -1.20. The molecule has 0 bridgehead atoms. The van der Waals surface area contributed by atoms with Crippen molar-refractivity contribution < 1.29 is 28.7 Å². The van der Waals surface area contributed by atoms with Gasteiger partial charge in [-0.15, -0.1) is 0 Å². The molecule has 1 aromatic carbocycles. The molecule has 1 unspecified atom stereocenters. The van der Waals surface area contributed by atoms with Crippen molar-refractivity contribution in [2.24, 2.45) is 5.92 Å². The molecule has 1 saturated carbocycles.